The first-order valence-corrected chi connectivity index (χ1v) is 17.0. The van der Waals surface area contributed by atoms with Gasteiger partial charge in [-0.2, -0.15) is 0 Å². The molecule has 54 heavy (non-hydrogen) atoms. The molecular formula is C41H38F2N4O7. The third kappa shape index (κ3) is 11.1. The van der Waals surface area contributed by atoms with Crippen LogP contribution in [0, 0.1) is 11.6 Å². The molecule has 0 aliphatic rings. The second-order valence-corrected chi connectivity index (χ2v) is 12.6. The molecule has 0 fully saturated rings. The molecule has 0 bridgehead atoms. The Hall–Kier alpha value is -6.76. The summed E-state index contributed by atoms with van der Waals surface area (Å²) in [5.74, 6) is -5.25. The Morgan fingerprint density at radius 1 is 0.500 bits per heavy atom. The average Bonchev–Trinajstić information content (AvgIpc) is 3.15. The smallest absolute Gasteiger partial charge is 0.254 e. The van der Waals surface area contributed by atoms with Crippen molar-refractivity contribution in [3.63, 3.8) is 0 Å². The fourth-order valence-electron chi connectivity index (χ4n) is 5.59. The summed E-state index contributed by atoms with van der Waals surface area (Å²) in [6.45, 7) is 0.169. The van der Waals surface area contributed by atoms with Crippen LogP contribution in [-0.4, -0.2) is 57.1 Å². The van der Waals surface area contributed by atoms with Crippen LogP contribution in [0.15, 0.2) is 121 Å². The molecule has 5 rings (SSSR count). The zero-order valence-electron chi connectivity index (χ0n) is 28.8. The first kappa shape index (κ1) is 38.5. The standard InChI is InChI=1S/C41H38F2N4O7/c42-29-12-19-33(34(43)23-29)38(51)45-36(21-26-8-15-31(49)16-9-26)40(53)47-37(22-27-10-17-32(50)18-11-27)41(54)46-35(20-25-6-13-30(48)14-7-25)39(52)44-24-28-4-2-1-3-5-28/h1-19,23,35-37,48-50H,20-22,24H2,(H,44,52)(H,45,51)(H,46,54)(H,47,53)/t35-,36-,37-/m0/s1. The van der Waals surface area contributed by atoms with Gasteiger partial charge < -0.3 is 36.6 Å². The van der Waals surface area contributed by atoms with E-state index >= 15 is 0 Å². The highest BCUT2D eigenvalue weighted by Crippen LogP contribution is 2.16. The van der Waals surface area contributed by atoms with Gasteiger partial charge in [0.1, 0.15) is 47.0 Å². The summed E-state index contributed by atoms with van der Waals surface area (Å²) in [5.41, 5.74) is 1.95. The SMILES string of the molecule is O=C(N[C@@H](Cc1ccc(O)cc1)C(=O)N[C@@H](Cc1ccc(O)cc1)C(=O)N[C@@H](Cc1ccc(O)cc1)C(=O)NCc1ccccc1)c1ccc(F)cc1F. The monoisotopic (exact) mass is 736 g/mol. The van der Waals surface area contributed by atoms with Gasteiger partial charge in [0.15, 0.2) is 0 Å². The van der Waals surface area contributed by atoms with Crippen molar-refractivity contribution in [3.8, 4) is 17.2 Å². The Bertz CT molecular complexity index is 2060. The quantitative estimate of drug-likeness (QED) is 0.0843. The predicted molar refractivity (Wildman–Crippen MR) is 195 cm³/mol. The van der Waals surface area contributed by atoms with Gasteiger partial charge in [0.2, 0.25) is 17.7 Å². The van der Waals surface area contributed by atoms with E-state index in [1.165, 1.54) is 48.5 Å². The summed E-state index contributed by atoms with van der Waals surface area (Å²) in [5, 5.41) is 40.1. The maximum Gasteiger partial charge on any atom is 0.254 e. The lowest BCUT2D eigenvalue weighted by molar-refractivity contribution is -0.132. The van der Waals surface area contributed by atoms with E-state index in [1.54, 1.807) is 24.3 Å². The third-order valence-corrected chi connectivity index (χ3v) is 8.50. The van der Waals surface area contributed by atoms with E-state index in [0.717, 1.165) is 17.7 Å². The molecule has 0 unspecified atom stereocenters. The highest BCUT2D eigenvalue weighted by atomic mass is 19.1. The maximum absolute atomic E-state index is 14.6. The van der Waals surface area contributed by atoms with Gasteiger partial charge in [-0.05, 0) is 70.8 Å². The summed E-state index contributed by atoms with van der Waals surface area (Å²) in [4.78, 5) is 55.0. The predicted octanol–water partition coefficient (Wildman–Crippen LogP) is 4.19. The molecule has 4 amide bonds. The molecule has 0 aliphatic carbocycles. The Morgan fingerprint density at radius 3 is 1.37 bits per heavy atom. The fourth-order valence-corrected chi connectivity index (χ4v) is 5.59. The van der Waals surface area contributed by atoms with Gasteiger partial charge in [-0.15, -0.1) is 0 Å². The zero-order chi connectivity index (χ0) is 38.6. The van der Waals surface area contributed by atoms with E-state index in [4.69, 9.17) is 0 Å². The second-order valence-electron chi connectivity index (χ2n) is 12.6. The molecule has 0 aliphatic heterocycles. The maximum atomic E-state index is 14.6. The fraction of sp³-hybridized carbons (Fsp3) is 0.171. The first-order valence-electron chi connectivity index (χ1n) is 17.0. The Labute approximate surface area is 309 Å². The summed E-state index contributed by atoms with van der Waals surface area (Å²) in [6.07, 6.45) is -0.239. The molecule has 13 heteroatoms. The Balaban J connectivity index is 1.42. The molecule has 0 spiro atoms. The van der Waals surface area contributed by atoms with Gasteiger partial charge in [-0.3, -0.25) is 19.2 Å². The number of hydrogen-bond acceptors (Lipinski definition) is 7. The molecule has 0 saturated carbocycles. The van der Waals surface area contributed by atoms with E-state index in [9.17, 15) is 43.3 Å². The number of phenolic OH excluding ortho intramolecular Hbond substituents is 3. The molecule has 0 heterocycles. The molecule has 278 valence electrons. The molecule has 5 aromatic carbocycles. The Morgan fingerprint density at radius 2 is 0.926 bits per heavy atom. The van der Waals surface area contributed by atoms with Gasteiger partial charge >= 0.3 is 0 Å². The molecule has 11 nitrogen and oxygen atoms in total. The van der Waals surface area contributed by atoms with Crippen LogP contribution in [0.1, 0.15) is 32.6 Å². The minimum absolute atomic E-state index is 0.0145. The van der Waals surface area contributed by atoms with E-state index in [0.29, 0.717) is 22.8 Å². The minimum Gasteiger partial charge on any atom is -0.508 e. The summed E-state index contributed by atoms with van der Waals surface area (Å²) < 4.78 is 28.2. The first-order chi connectivity index (χ1) is 25.9. The Kier molecular flexibility index (Phi) is 12.9. The average molecular weight is 737 g/mol. The number of hydrogen-bond donors (Lipinski definition) is 7. The van der Waals surface area contributed by atoms with Crippen LogP contribution < -0.4 is 21.3 Å². The van der Waals surface area contributed by atoms with Gasteiger partial charge in [0.25, 0.3) is 5.91 Å². The summed E-state index contributed by atoms with van der Waals surface area (Å²) >= 11 is 0. The number of rotatable bonds is 15. The number of nitrogens with one attached hydrogen (secondary N) is 4. The zero-order valence-corrected chi connectivity index (χ0v) is 28.8. The van der Waals surface area contributed by atoms with Crippen LogP contribution in [0.4, 0.5) is 8.78 Å². The van der Waals surface area contributed by atoms with Gasteiger partial charge in [-0.1, -0.05) is 66.7 Å². The topological polar surface area (TPSA) is 177 Å². The van der Waals surface area contributed by atoms with Gasteiger partial charge in [-0.25, -0.2) is 8.78 Å². The second kappa shape index (κ2) is 18.1. The van der Waals surface area contributed by atoms with Gasteiger partial charge in [0.05, 0.1) is 5.56 Å². The number of benzene rings is 5. The van der Waals surface area contributed by atoms with Crippen molar-refractivity contribution in [2.45, 2.75) is 43.9 Å². The van der Waals surface area contributed by atoms with E-state index < -0.39 is 59.0 Å². The van der Waals surface area contributed by atoms with Crippen molar-refractivity contribution >= 4 is 23.6 Å². The highest BCUT2D eigenvalue weighted by Gasteiger charge is 2.31. The molecule has 0 aromatic heterocycles. The number of carbonyl (C=O) groups is 4. The largest absolute Gasteiger partial charge is 0.508 e. The van der Waals surface area contributed by atoms with E-state index in [-0.39, 0.29) is 43.1 Å². The minimum atomic E-state index is -1.40. The van der Waals surface area contributed by atoms with Crippen LogP contribution in [0.2, 0.25) is 0 Å². The van der Waals surface area contributed by atoms with Crippen molar-refractivity contribution in [2.24, 2.45) is 0 Å². The third-order valence-electron chi connectivity index (χ3n) is 8.50. The van der Waals surface area contributed by atoms with Crippen molar-refractivity contribution < 1.29 is 43.3 Å². The molecule has 5 aromatic rings. The van der Waals surface area contributed by atoms with Crippen LogP contribution in [0.3, 0.4) is 0 Å². The van der Waals surface area contributed by atoms with E-state index in [2.05, 4.69) is 21.3 Å². The highest BCUT2D eigenvalue weighted by molar-refractivity contribution is 5.99. The van der Waals surface area contributed by atoms with Crippen LogP contribution in [0.5, 0.6) is 17.2 Å². The molecule has 7 N–H and O–H groups in total. The number of halogens is 2. The number of amides is 4. The van der Waals surface area contributed by atoms with Crippen molar-refractivity contribution in [1.29, 1.82) is 0 Å². The lowest BCUT2D eigenvalue weighted by Gasteiger charge is -2.26. The van der Waals surface area contributed by atoms with Crippen molar-refractivity contribution in [1.82, 2.24) is 21.3 Å². The van der Waals surface area contributed by atoms with Gasteiger partial charge in [0, 0.05) is 31.9 Å². The molecular weight excluding hydrogens is 698 g/mol. The summed E-state index contributed by atoms with van der Waals surface area (Å²) in [7, 11) is 0. The number of aromatic hydroxyl groups is 3. The normalized spacial score (nSPS) is 12.5. The lowest BCUT2D eigenvalue weighted by Crippen LogP contribution is -2.58. The van der Waals surface area contributed by atoms with E-state index in [1.807, 2.05) is 30.3 Å². The van der Waals surface area contributed by atoms with Crippen molar-refractivity contribution in [2.75, 3.05) is 0 Å². The van der Waals surface area contributed by atoms with Crippen molar-refractivity contribution in [3.05, 3.63) is 161 Å². The molecule has 3 atom stereocenters. The lowest BCUT2D eigenvalue weighted by atomic mass is 10.0. The number of phenols is 3. The molecule has 0 saturated heterocycles. The van der Waals surface area contributed by atoms with Crippen LogP contribution >= 0.6 is 0 Å². The van der Waals surface area contributed by atoms with Crippen LogP contribution in [-0.2, 0) is 40.2 Å². The summed E-state index contributed by atoms with van der Waals surface area (Å²) in [6, 6.07) is 25.4. The van der Waals surface area contributed by atoms with Crippen LogP contribution in [0.25, 0.3) is 0 Å². The number of carbonyl (C=O) groups excluding carboxylic acids is 4. The molecule has 0 radical (unpaired) electrons.